The van der Waals surface area contributed by atoms with Gasteiger partial charge >= 0.3 is 0 Å². The highest BCUT2D eigenvalue weighted by molar-refractivity contribution is 5.82. The van der Waals surface area contributed by atoms with Crippen LogP contribution in [0.5, 0.6) is 0 Å². The molecule has 0 N–H and O–H groups in total. The second kappa shape index (κ2) is 5.12. The molecule has 0 heterocycles. The molecule has 1 rings (SSSR count). The largest absolute Gasteiger partial charge is 0.299 e. The third-order valence-electron chi connectivity index (χ3n) is 5.52. The van der Waals surface area contributed by atoms with Crippen molar-refractivity contribution in [3.8, 4) is 0 Å². The summed E-state index contributed by atoms with van der Waals surface area (Å²) in [4.78, 5) is 12.2. The Labute approximate surface area is 107 Å². The Kier molecular flexibility index (Phi) is 4.43. The van der Waals surface area contributed by atoms with Crippen LogP contribution in [0, 0.1) is 22.7 Å². The molecule has 1 aliphatic carbocycles. The second-order valence-electron chi connectivity index (χ2n) is 7.17. The van der Waals surface area contributed by atoms with E-state index in [-0.39, 0.29) is 11.3 Å². The molecule has 0 bridgehead atoms. The highest BCUT2D eigenvalue weighted by atomic mass is 16.1. The van der Waals surface area contributed by atoms with E-state index in [1.54, 1.807) is 0 Å². The van der Waals surface area contributed by atoms with Gasteiger partial charge in [0.2, 0.25) is 0 Å². The van der Waals surface area contributed by atoms with Crippen molar-refractivity contribution in [2.75, 3.05) is 0 Å². The molecule has 0 aromatic carbocycles. The fourth-order valence-corrected chi connectivity index (χ4v) is 3.02. The Balaban J connectivity index is 2.83. The van der Waals surface area contributed by atoms with Gasteiger partial charge in [0, 0.05) is 12.3 Å². The van der Waals surface area contributed by atoms with Gasteiger partial charge in [-0.3, -0.25) is 4.79 Å². The quantitative estimate of drug-likeness (QED) is 0.684. The van der Waals surface area contributed by atoms with Crippen LogP contribution in [-0.4, -0.2) is 5.78 Å². The Morgan fingerprint density at radius 3 is 2.06 bits per heavy atom. The molecule has 1 aliphatic rings. The molecule has 1 nitrogen and oxygen atoms in total. The summed E-state index contributed by atoms with van der Waals surface area (Å²) in [5.74, 6) is 1.53. The first-order valence-electron chi connectivity index (χ1n) is 7.27. The van der Waals surface area contributed by atoms with E-state index in [0.29, 0.717) is 11.2 Å². The first-order chi connectivity index (χ1) is 7.74. The van der Waals surface area contributed by atoms with Crippen molar-refractivity contribution >= 4 is 5.78 Å². The predicted octanol–water partition coefficient (Wildman–Crippen LogP) is 4.84. The Bertz CT molecular complexity index is 275. The highest BCUT2D eigenvalue weighted by Crippen LogP contribution is 2.47. The predicted molar refractivity (Wildman–Crippen MR) is 74.0 cm³/mol. The maximum absolute atomic E-state index is 12.2. The monoisotopic (exact) mass is 238 g/mol. The van der Waals surface area contributed by atoms with Crippen molar-refractivity contribution in [3.05, 3.63) is 0 Å². The standard InChI is InChI=1S/C16H30O/c1-7-15(3,4)12-9-10-14(17)13(11-12)16(5,6)8-2/h12-13H,7-11H2,1-6H3. The van der Waals surface area contributed by atoms with E-state index in [2.05, 4.69) is 41.5 Å². The van der Waals surface area contributed by atoms with Crippen LogP contribution in [0.25, 0.3) is 0 Å². The summed E-state index contributed by atoms with van der Waals surface area (Å²) in [5, 5.41) is 0. The van der Waals surface area contributed by atoms with Crippen LogP contribution in [-0.2, 0) is 4.79 Å². The van der Waals surface area contributed by atoms with Gasteiger partial charge in [0.05, 0.1) is 0 Å². The van der Waals surface area contributed by atoms with Crippen LogP contribution < -0.4 is 0 Å². The van der Waals surface area contributed by atoms with Crippen molar-refractivity contribution in [1.82, 2.24) is 0 Å². The molecule has 0 amide bonds. The fourth-order valence-electron chi connectivity index (χ4n) is 3.02. The third kappa shape index (κ3) is 3.11. The van der Waals surface area contributed by atoms with Gasteiger partial charge in [0.1, 0.15) is 5.78 Å². The van der Waals surface area contributed by atoms with E-state index in [1.807, 2.05) is 0 Å². The number of carbonyl (C=O) groups excluding carboxylic acids is 1. The van der Waals surface area contributed by atoms with Gasteiger partial charge in [0.15, 0.2) is 0 Å². The highest BCUT2D eigenvalue weighted by Gasteiger charge is 2.42. The average molecular weight is 238 g/mol. The number of hydrogen-bond donors (Lipinski definition) is 0. The molecule has 0 radical (unpaired) electrons. The zero-order chi connectivity index (χ0) is 13.3. The molecule has 2 unspecified atom stereocenters. The lowest BCUT2D eigenvalue weighted by Gasteiger charge is -2.43. The van der Waals surface area contributed by atoms with E-state index in [0.717, 1.165) is 31.6 Å². The van der Waals surface area contributed by atoms with Crippen molar-refractivity contribution in [2.24, 2.45) is 22.7 Å². The summed E-state index contributed by atoms with van der Waals surface area (Å²) in [6.07, 6.45) is 5.34. The SMILES string of the molecule is CCC(C)(C)C1CCC(=O)C(C(C)(C)CC)C1. The fraction of sp³-hybridized carbons (Fsp3) is 0.938. The Hall–Kier alpha value is -0.330. The van der Waals surface area contributed by atoms with Crippen LogP contribution in [0.4, 0.5) is 0 Å². The van der Waals surface area contributed by atoms with Crippen molar-refractivity contribution in [2.45, 2.75) is 73.6 Å². The zero-order valence-corrected chi connectivity index (χ0v) is 12.6. The summed E-state index contributed by atoms with van der Waals surface area (Å²) in [6, 6.07) is 0. The molecule has 2 atom stereocenters. The molecule has 0 aromatic heterocycles. The zero-order valence-electron chi connectivity index (χ0n) is 12.6. The van der Waals surface area contributed by atoms with Crippen LogP contribution >= 0.6 is 0 Å². The molecule has 17 heavy (non-hydrogen) atoms. The van der Waals surface area contributed by atoms with Crippen LogP contribution in [0.3, 0.4) is 0 Å². The molecule has 1 heteroatoms. The number of Topliss-reactive ketones (excluding diaryl/α,β-unsaturated/α-hetero) is 1. The lowest BCUT2D eigenvalue weighted by atomic mass is 9.60. The smallest absolute Gasteiger partial charge is 0.136 e. The number of hydrogen-bond acceptors (Lipinski definition) is 1. The third-order valence-corrected chi connectivity index (χ3v) is 5.52. The summed E-state index contributed by atoms with van der Waals surface area (Å²) in [5.41, 5.74) is 0.572. The molecule has 100 valence electrons. The van der Waals surface area contributed by atoms with Crippen LogP contribution in [0.2, 0.25) is 0 Å². The first kappa shape index (κ1) is 14.7. The van der Waals surface area contributed by atoms with Gasteiger partial charge in [-0.1, -0.05) is 54.4 Å². The van der Waals surface area contributed by atoms with Gasteiger partial charge in [-0.25, -0.2) is 0 Å². The molecule has 1 fully saturated rings. The minimum atomic E-state index is 0.180. The minimum Gasteiger partial charge on any atom is -0.299 e. The maximum Gasteiger partial charge on any atom is 0.136 e. The number of rotatable bonds is 4. The molecule has 0 saturated heterocycles. The number of carbonyl (C=O) groups is 1. The molecule has 0 aromatic rings. The summed E-state index contributed by atoms with van der Waals surface area (Å²) >= 11 is 0. The van der Waals surface area contributed by atoms with Crippen molar-refractivity contribution in [3.63, 3.8) is 0 Å². The molecule has 1 saturated carbocycles. The van der Waals surface area contributed by atoms with E-state index < -0.39 is 0 Å². The molecular weight excluding hydrogens is 208 g/mol. The lowest BCUT2D eigenvalue weighted by molar-refractivity contribution is -0.131. The summed E-state index contributed by atoms with van der Waals surface area (Å²) in [7, 11) is 0. The van der Waals surface area contributed by atoms with Gasteiger partial charge in [-0.05, 0) is 29.6 Å². The molecule has 0 spiro atoms. The lowest BCUT2D eigenvalue weighted by Crippen LogP contribution is -2.39. The normalized spacial score (nSPS) is 27.3. The van der Waals surface area contributed by atoms with Crippen molar-refractivity contribution < 1.29 is 4.79 Å². The number of ketones is 1. The van der Waals surface area contributed by atoms with E-state index >= 15 is 0 Å². The van der Waals surface area contributed by atoms with E-state index in [9.17, 15) is 4.79 Å². The Morgan fingerprint density at radius 1 is 1.06 bits per heavy atom. The van der Waals surface area contributed by atoms with Crippen LogP contribution in [0.15, 0.2) is 0 Å². The average Bonchev–Trinajstić information content (AvgIpc) is 2.29. The Morgan fingerprint density at radius 2 is 1.59 bits per heavy atom. The van der Waals surface area contributed by atoms with Crippen LogP contribution in [0.1, 0.15) is 73.6 Å². The summed E-state index contributed by atoms with van der Waals surface area (Å²) in [6.45, 7) is 13.7. The molecule has 0 aliphatic heterocycles. The van der Waals surface area contributed by atoms with Gasteiger partial charge in [-0.15, -0.1) is 0 Å². The first-order valence-corrected chi connectivity index (χ1v) is 7.27. The topological polar surface area (TPSA) is 17.1 Å². The van der Waals surface area contributed by atoms with Gasteiger partial charge in [0.25, 0.3) is 0 Å². The van der Waals surface area contributed by atoms with E-state index in [1.165, 1.54) is 6.42 Å². The van der Waals surface area contributed by atoms with Gasteiger partial charge in [-0.2, -0.15) is 0 Å². The second-order valence-corrected chi connectivity index (χ2v) is 7.17. The summed E-state index contributed by atoms with van der Waals surface area (Å²) < 4.78 is 0. The molecular formula is C16H30O. The van der Waals surface area contributed by atoms with E-state index in [4.69, 9.17) is 0 Å². The maximum atomic E-state index is 12.2. The minimum absolute atomic E-state index is 0.180. The van der Waals surface area contributed by atoms with Crippen molar-refractivity contribution in [1.29, 1.82) is 0 Å². The van der Waals surface area contributed by atoms with Gasteiger partial charge < -0.3 is 0 Å².